The maximum absolute atomic E-state index is 12.0. The zero-order chi connectivity index (χ0) is 9.19. The summed E-state index contributed by atoms with van der Waals surface area (Å²) in [5, 5.41) is 0.577. The highest BCUT2D eigenvalue weighted by molar-refractivity contribution is 7.09. The van der Waals surface area contributed by atoms with Gasteiger partial charge in [0.2, 0.25) is 0 Å². The molecule has 0 aliphatic carbocycles. The zero-order valence-electron chi connectivity index (χ0n) is 5.86. The molecule has 0 aliphatic heterocycles. The van der Waals surface area contributed by atoms with Crippen LogP contribution in [-0.4, -0.2) is 10.9 Å². The fraction of sp³-hybridized carbons (Fsp3) is 0.500. The molecule has 6 heteroatoms. The summed E-state index contributed by atoms with van der Waals surface area (Å²) in [4.78, 5) is 3.38. The SMILES string of the molecule is FC(F)(F)c1nc(CCCl)cs1. The Morgan fingerprint density at radius 1 is 1.50 bits per heavy atom. The number of alkyl halides is 4. The van der Waals surface area contributed by atoms with Crippen molar-refractivity contribution in [2.75, 3.05) is 5.88 Å². The Morgan fingerprint density at radius 2 is 2.17 bits per heavy atom. The van der Waals surface area contributed by atoms with Crippen LogP contribution in [0.3, 0.4) is 0 Å². The van der Waals surface area contributed by atoms with Crippen LogP contribution in [0, 0.1) is 0 Å². The molecule has 1 aromatic heterocycles. The van der Waals surface area contributed by atoms with E-state index < -0.39 is 11.2 Å². The highest BCUT2D eigenvalue weighted by atomic mass is 35.5. The Labute approximate surface area is 76.2 Å². The molecule has 0 N–H and O–H groups in total. The minimum atomic E-state index is -4.32. The van der Waals surface area contributed by atoms with E-state index in [1.807, 2.05) is 0 Å². The highest BCUT2D eigenvalue weighted by Gasteiger charge is 2.34. The molecule has 0 saturated heterocycles. The van der Waals surface area contributed by atoms with Gasteiger partial charge in [-0.3, -0.25) is 0 Å². The summed E-state index contributed by atoms with van der Waals surface area (Å²) >= 11 is 5.94. The van der Waals surface area contributed by atoms with Crippen molar-refractivity contribution in [1.29, 1.82) is 0 Å². The molecule has 0 amide bonds. The Hall–Kier alpha value is -0.290. The number of nitrogens with zero attached hydrogens (tertiary/aromatic N) is 1. The van der Waals surface area contributed by atoms with Crippen molar-refractivity contribution in [3.63, 3.8) is 0 Å². The first-order valence-corrected chi connectivity index (χ1v) is 4.53. The molecule has 12 heavy (non-hydrogen) atoms. The van der Waals surface area contributed by atoms with Gasteiger partial charge >= 0.3 is 6.18 Å². The molecular weight excluding hydrogens is 211 g/mol. The fourth-order valence-electron chi connectivity index (χ4n) is 0.649. The van der Waals surface area contributed by atoms with E-state index >= 15 is 0 Å². The topological polar surface area (TPSA) is 12.9 Å². The van der Waals surface area contributed by atoms with Crippen LogP contribution in [0.2, 0.25) is 0 Å². The van der Waals surface area contributed by atoms with Crippen LogP contribution in [0.4, 0.5) is 13.2 Å². The van der Waals surface area contributed by atoms with E-state index in [1.165, 1.54) is 5.38 Å². The summed E-state index contributed by atoms with van der Waals surface area (Å²) in [7, 11) is 0. The number of rotatable bonds is 2. The number of hydrogen-bond acceptors (Lipinski definition) is 2. The number of hydrogen-bond donors (Lipinski definition) is 0. The third-order valence-electron chi connectivity index (χ3n) is 1.14. The summed E-state index contributed by atoms with van der Waals surface area (Å²) in [5.74, 6) is 0.293. The van der Waals surface area contributed by atoms with Gasteiger partial charge in [0.15, 0.2) is 5.01 Å². The van der Waals surface area contributed by atoms with Crippen LogP contribution in [0.15, 0.2) is 5.38 Å². The first-order chi connectivity index (χ1) is 5.54. The minimum absolute atomic E-state index is 0.293. The van der Waals surface area contributed by atoms with Gasteiger partial charge in [0.1, 0.15) is 0 Å². The number of aryl methyl sites for hydroxylation is 1. The molecule has 0 aliphatic rings. The van der Waals surface area contributed by atoms with Gasteiger partial charge in [0.25, 0.3) is 0 Å². The summed E-state index contributed by atoms with van der Waals surface area (Å²) in [6.45, 7) is 0. The molecule has 1 heterocycles. The van der Waals surface area contributed by atoms with Crippen LogP contribution >= 0.6 is 22.9 Å². The van der Waals surface area contributed by atoms with E-state index in [4.69, 9.17) is 11.6 Å². The van der Waals surface area contributed by atoms with Gasteiger partial charge in [-0.05, 0) is 0 Å². The standard InChI is InChI=1S/C6H5ClF3NS/c7-2-1-4-3-12-5(11-4)6(8,9)10/h3H,1-2H2. The average molecular weight is 216 g/mol. The third-order valence-corrected chi connectivity index (χ3v) is 2.27. The fourth-order valence-corrected chi connectivity index (χ4v) is 1.56. The van der Waals surface area contributed by atoms with E-state index in [0.717, 1.165) is 0 Å². The maximum atomic E-state index is 12.0. The molecule has 0 aromatic carbocycles. The van der Waals surface area contributed by atoms with Gasteiger partial charge in [-0.1, -0.05) is 0 Å². The van der Waals surface area contributed by atoms with Crippen LogP contribution in [0.25, 0.3) is 0 Å². The predicted octanol–water partition coefficient (Wildman–Crippen LogP) is 2.94. The third kappa shape index (κ3) is 2.35. The molecule has 1 nitrogen and oxygen atoms in total. The van der Waals surface area contributed by atoms with Crippen molar-refractivity contribution in [2.24, 2.45) is 0 Å². The van der Waals surface area contributed by atoms with Gasteiger partial charge in [-0.15, -0.1) is 22.9 Å². The summed E-state index contributed by atoms with van der Waals surface area (Å²) < 4.78 is 35.9. The number of aromatic nitrogens is 1. The van der Waals surface area contributed by atoms with Gasteiger partial charge in [-0.25, -0.2) is 4.98 Å². The molecule has 0 fully saturated rings. The van der Waals surface area contributed by atoms with Gasteiger partial charge in [-0.2, -0.15) is 13.2 Å². The van der Waals surface area contributed by atoms with E-state index in [2.05, 4.69) is 4.98 Å². The molecule has 0 saturated carbocycles. The van der Waals surface area contributed by atoms with Crippen molar-refractivity contribution >= 4 is 22.9 Å². The predicted molar refractivity (Wildman–Crippen MR) is 41.5 cm³/mol. The second-order valence-electron chi connectivity index (χ2n) is 2.08. The second kappa shape index (κ2) is 3.62. The largest absolute Gasteiger partial charge is 0.443 e. The van der Waals surface area contributed by atoms with Gasteiger partial charge in [0, 0.05) is 17.7 Å². The average Bonchev–Trinajstić information content (AvgIpc) is 2.35. The van der Waals surface area contributed by atoms with Crippen molar-refractivity contribution in [1.82, 2.24) is 4.98 Å². The van der Waals surface area contributed by atoms with E-state index in [0.29, 0.717) is 29.3 Å². The molecule has 1 aromatic rings. The minimum Gasteiger partial charge on any atom is -0.237 e. The molecule has 68 valence electrons. The molecule has 1 rings (SSSR count). The monoisotopic (exact) mass is 215 g/mol. The lowest BCUT2D eigenvalue weighted by atomic mass is 10.4. The lowest BCUT2D eigenvalue weighted by Crippen LogP contribution is -2.04. The van der Waals surface area contributed by atoms with Crippen LogP contribution in [0.1, 0.15) is 10.7 Å². The Bertz CT molecular complexity index is 258. The van der Waals surface area contributed by atoms with Gasteiger partial charge in [0.05, 0.1) is 5.69 Å². The number of thiazole rings is 1. The molecule has 0 unspecified atom stereocenters. The zero-order valence-corrected chi connectivity index (χ0v) is 7.43. The first-order valence-electron chi connectivity index (χ1n) is 3.11. The molecular formula is C6H5ClF3NS. The lowest BCUT2D eigenvalue weighted by molar-refractivity contribution is -0.137. The van der Waals surface area contributed by atoms with E-state index in [9.17, 15) is 13.2 Å². The lowest BCUT2D eigenvalue weighted by Gasteiger charge is -1.98. The quantitative estimate of drug-likeness (QED) is 0.692. The van der Waals surface area contributed by atoms with Crippen molar-refractivity contribution in [2.45, 2.75) is 12.6 Å². The molecule has 0 spiro atoms. The van der Waals surface area contributed by atoms with Gasteiger partial charge < -0.3 is 0 Å². The molecule has 0 radical (unpaired) electrons. The normalized spacial score (nSPS) is 12.0. The van der Waals surface area contributed by atoms with Crippen molar-refractivity contribution in [3.05, 3.63) is 16.1 Å². The Balaban J connectivity index is 2.77. The number of halogens is 4. The second-order valence-corrected chi connectivity index (χ2v) is 3.32. The van der Waals surface area contributed by atoms with E-state index in [-0.39, 0.29) is 0 Å². The summed E-state index contributed by atoms with van der Waals surface area (Å²) in [5.41, 5.74) is 0.405. The van der Waals surface area contributed by atoms with Crippen LogP contribution < -0.4 is 0 Å². The van der Waals surface area contributed by atoms with Crippen molar-refractivity contribution < 1.29 is 13.2 Å². The molecule has 0 bridgehead atoms. The Morgan fingerprint density at radius 3 is 2.58 bits per heavy atom. The molecule has 0 atom stereocenters. The van der Waals surface area contributed by atoms with Crippen LogP contribution in [0.5, 0.6) is 0 Å². The summed E-state index contributed by atoms with van der Waals surface area (Å²) in [6, 6.07) is 0. The highest BCUT2D eigenvalue weighted by Crippen LogP contribution is 2.31. The van der Waals surface area contributed by atoms with Crippen molar-refractivity contribution in [3.8, 4) is 0 Å². The maximum Gasteiger partial charge on any atom is 0.443 e. The van der Waals surface area contributed by atoms with E-state index in [1.54, 1.807) is 0 Å². The first kappa shape index (κ1) is 9.80. The summed E-state index contributed by atoms with van der Waals surface area (Å²) in [6.07, 6.45) is -3.94. The Kier molecular flexibility index (Phi) is 2.95. The van der Waals surface area contributed by atoms with Crippen LogP contribution in [-0.2, 0) is 12.6 Å². The smallest absolute Gasteiger partial charge is 0.237 e.